The predicted octanol–water partition coefficient (Wildman–Crippen LogP) is -2.94. The molecule has 0 aliphatic heterocycles. The fourth-order valence-corrected chi connectivity index (χ4v) is 0.662. The van der Waals surface area contributed by atoms with Crippen molar-refractivity contribution >= 4 is 11.8 Å². The predicted molar refractivity (Wildman–Crippen MR) is 37.5 cm³/mol. The highest BCUT2D eigenvalue weighted by Crippen LogP contribution is 2.13. The van der Waals surface area contributed by atoms with Crippen LogP contribution < -0.4 is 0 Å². The second kappa shape index (κ2) is 3.79. The van der Waals surface area contributed by atoms with Gasteiger partial charge in [0.05, 0.1) is 0 Å². The third kappa shape index (κ3) is 2.01. The van der Waals surface area contributed by atoms with Gasteiger partial charge in [-0.3, -0.25) is 4.79 Å². The second-order valence-electron chi connectivity index (χ2n) is 2.49. The first kappa shape index (κ1) is 12.0. The molecule has 0 aromatic heterocycles. The van der Waals surface area contributed by atoms with Crippen molar-refractivity contribution in [3.05, 3.63) is 0 Å². The van der Waals surface area contributed by atoms with Crippen LogP contribution in [0.1, 0.15) is 6.92 Å². The Labute approximate surface area is 72.9 Å². The minimum absolute atomic E-state index is 0.901. The molecule has 2 unspecified atom stereocenters. The normalized spacial score (nSPS) is 18.0. The maximum absolute atomic E-state index is 10.8. The average molecular weight is 194 g/mol. The Bertz CT molecular complexity index is 221. The van der Waals surface area contributed by atoms with Gasteiger partial charge in [0, 0.05) is 0 Å². The summed E-state index contributed by atoms with van der Waals surface area (Å²) >= 11 is 0. The summed E-state index contributed by atoms with van der Waals surface area (Å²) in [4.78, 5) is 21.2. The fourth-order valence-electron chi connectivity index (χ4n) is 0.662. The van der Waals surface area contributed by atoms with Crippen LogP contribution in [0.2, 0.25) is 0 Å². The van der Waals surface area contributed by atoms with E-state index in [1.54, 1.807) is 0 Å². The van der Waals surface area contributed by atoms with Gasteiger partial charge in [0.1, 0.15) is 6.10 Å². The van der Waals surface area contributed by atoms with Crippen LogP contribution in [0.5, 0.6) is 0 Å². The van der Waals surface area contributed by atoms with Crippen molar-refractivity contribution in [2.24, 2.45) is 0 Å². The molecule has 0 spiro atoms. The molecule has 13 heavy (non-hydrogen) atoms. The lowest BCUT2D eigenvalue weighted by molar-refractivity contribution is -0.209. The number of aliphatic carboxylic acids is 1. The van der Waals surface area contributed by atoms with Gasteiger partial charge in [0.15, 0.2) is 6.29 Å². The third-order valence-corrected chi connectivity index (χ3v) is 1.45. The largest absolute Gasteiger partial charge is 0.479 e. The minimum Gasteiger partial charge on any atom is -0.479 e. The first-order valence-electron chi connectivity index (χ1n) is 3.28. The topological polar surface area (TPSA) is 135 Å². The molecule has 0 radical (unpaired) electrons. The van der Waals surface area contributed by atoms with Crippen molar-refractivity contribution in [2.45, 2.75) is 24.9 Å². The van der Waals surface area contributed by atoms with Crippen LogP contribution in [0.15, 0.2) is 0 Å². The SMILES string of the molecule is CC(O)C(=O)C(O)(C(=O)O)C(O)O. The Morgan fingerprint density at radius 1 is 1.23 bits per heavy atom. The quantitative estimate of drug-likeness (QED) is 0.238. The highest BCUT2D eigenvalue weighted by molar-refractivity contribution is 6.08. The lowest BCUT2D eigenvalue weighted by atomic mass is 9.94. The lowest BCUT2D eigenvalue weighted by Crippen LogP contribution is -2.58. The van der Waals surface area contributed by atoms with Gasteiger partial charge in [-0.15, -0.1) is 0 Å². The highest BCUT2D eigenvalue weighted by Gasteiger charge is 2.51. The number of carbonyl (C=O) groups is 2. The maximum Gasteiger partial charge on any atom is 0.349 e. The molecule has 0 aliphatic carbocycles. The van der Waals surface area contributed by atoms with Crippen molar-refractivity contribution < 1.29 is 35.1 Å². The van der Waals surface area contributed by atoms with Crippen molar-refractivity contribution in [1.29, 1.82) is 0 Å². The zero-order valence-corrected chi connectivity index (χ0v) is 6.71. The van der Waals surface area contributed by atoms with E-state index in [-0.39, 0.29) is 0 Å². The Morgan fingerprint density at radius 2 is 1.62 bits per heavy atom. The molecule has 0 saturated carbocycles. The number of carboxylic acid groups (broad SMARTS) is 1. The molecule has 0 aliphatic rings. The molecule has 0 saturated heterocycles. The summed E-state index contributed by atoms with van der Waals surface area (Å²) in [5, 5.41) is 42.9. The number of aliphatic hydroxyl groups excluding tert-OH is 2. The Morgan fingerprint density at radius 3 is 1.69 bits per heavy atom. The molecule has 7 heteroatoms. The van der Waals surface area contributed by atoms with Gasteiger partial charge in [0.25, 0.3) is 5.60 Å². The van der Waals surface area contributed by atoms with Gasteiger partial charge in [-0.05, 0) is 6.92 Å². The van der Waals surface area contributed by atoms with Gasteiger partial charge < -0.3 is 25.5 Å². The molecule has 0 aromatic rings. The number of aliphatic hydroxyl groups is 4. The first-order valence-corrected chi connectivity index (χ1v) is 3.28. The third-order valence-electron chi connectivity index (χ3n) is 1.45. The van der Waals surface area contributed by atoms with E-state index in [9.17, 15) is 9.59 Å². The van der Waals surface area contributed by atoms with Crippen LogP contribution in [0, 0.1) is 0 Å². The minimum atomic E-state index is -3.38. The van der Waals surface area contributed by atoms with Crippen molar-refractivity contribution in [2.75, 3.05) is 0 Å². The van der Waals surface area contributed by atoms with Crippen LogP contribution in [-0.2, 0) is 9.59 Å². The van der Waals surface area contributed by atoms with Crippen LogP contribution in [-0.4, -0.2) is 55.3 Å². The van der Waals surface area contributed by atoms with Crippen LogP contribution in [0.4, 0.5) is 0 Å². The number of Topliss-reactive ketones (excluding diaryl/α,β-unsaturated/α-hetero) is 1. The number of rotatable bonds is 4. The Hall–Kier alpha value is -1.02. The number of carbonyl (C=O) groups excluding carboxylic acids is 1. The Kier molecular flexibility index (Phi) is 3.50. The monoisotopic (exact) mass is 194 g/mol. The molecule has 2 atom stereocenters. The van der Waals surface area contributed by atoms with Gasteiger partial charge in [-0.1, -0.05) is 0 Å². The van der Waals surface area contributed by atoms with Gasteiger partial charge >= 0.3 is 5.97 Å². The van der Waals surface area contributed by atoms with Crippen LogP contribution in [0.25, 0.3) is 0 Å². The zero-order valence-electron chi connectivity index (χ0n) is 6.71. The van der Waals surface area contributed by atoms with E-state index in [4.69, 9.17) is 25.5 Å². The molecular weight excluding hydrogens is 184 g/mol. The smallest absolute Gasteiger partial charge is 0.349 e. The summed E-state index contributed by atoms with van der Waals surface area (Å²) < 4.78 is 0. The second-order valence-corrected chi connectivity index (χ2v) is 2.49. The number of hydrogen-bond acceptors (Lipinski definition) is 6. The number of hydrogen-bond donors (Lipinski definition) is 5. The molecule has 0 heterocycles. The van der Waals surface area contributed by atoms with Crippen molar-refractivity contribution in [1.82, 2.24) is 0 Å². The molecule has 0 amide bonds. The van der Waals surface area contributed by atoms with Gasteiger partial charge in [-0.25, -0.2) is 4.79 Å². The van der Waals surface area contributed by atoms with Crippen molar-refractivity contribution in [3.8, 4) is 0 Å². The van der Waals surface area contributed by atoms with Crippen LogP contribution in [0.3, 0.4) is 0 Å². The number of carboxylic acids is 1. The molecule has 76 valence electrons. The van der Waals surface area contributed by atoms with E-state index in [0.717, 1.165) is 6.92 Å². The number of ketones is 1. The molecular formula is C6H10O7. The maximum atomic E-state index is 10.8. The summed E-state index contributed by atoms with van der Waals surface area (Å²) in [5.41, 5.74) is -3.38. The van der Waals surface area contributed by atoms with E-state index in [1.165, 1.54) is 0 Å². The van der Waals surface area contributed by atoms with E-state index in [1.807, 2.05) is 0 Å². The summed E-state index contributed by atoms with van der Waals surface area (Å²) in [7, 11) is 0. The molecule has 5 N–H and O–H groups in total. The van der Waals surface area contributed by atoms with Gasteiger partial charge in [0.2, 0.25) is 5.78 Å². The van der Waals surface area contributed by atoms with E-state index in [2.05, 4.69) is 0 Å². The average Bonchev–Trinajstić information content (AvgIpc) is 2.00. The van der Waals surface area contributed by atoms with E-state index >= 15 is 0 Å². The van der Waals surface area contributed by atoms with Gasteiger partial charge in [-0.2, -0.15) is 0 Å². The first-order chi connectivity index (χ1) is 5.74. The summed E-state index contributed by atoms with van der Waals surface area (Å²) in [6, 6.07) is 0. The Balaban J connectivity index is 5.02. The molecule has 7 nitrogen and oxygen atoms in total. The van der Waals surface area contributed by atoms with E-state index < -0.39 is 29.7 Å². The van der Waals surface area contributed by atoms with Crippen molar-refractivity contribution in [3.63, 3.8) is 0 Å². The summed E-state index contributed by atoms with van der Waals surface area (Å²) in [6.07, 6.45) is -4.59. The molecule has 0 bridgehead atoms. The van der Waals surface area contributed by atoms with Crippen LogP contribution >= 0.6 is 0 Å². The molecule has 0 aromatic carbocycles. The summed E-state index contributed by atoms with van der Waals surface area (Å²) in [6.45, 7) is 0.901. The summed E-state index contributed by atoms with van der Waals surface area (Å²) in [5.74, 6) is -3.72. The van der Waals surface area contributed by atoms with E-state index in [0.29, 0.717) is 0 Å². The molecule has 0 fully saturated rings. The zero-order chi connectivity index (χ0) is 10.8. The fraction of sp³-hybridized carbons (Fsp3) is 0.667. The lowest BCUT2D eigenvalue weighted by Gasteiger charge is -2.24. The molecule has 0 rings (SSSR count). The highest BCUT2D eigenvalue weighted by atomic mass is 16.5. The standard InChI is InChI=1S/C6H10O7/c1-2(7)3(8)6(13,4(9)10)5(11)12/h2,4,7,9-10,13H,1H3,(H,11,12).